The highest BCUT2D eigenvalue weighted by atomic mass is 127. The zero-order valence-corrected chi connectivity index (χ0v) is 15.8. The molecule has 0 saturated heterocycles. The summed E-state index contributed by atoms with van der Waals surface area (Å²) in [5, 5.41) is 0. The molecule has 1 aromatic carbocycles. The van der Waals surface area contributed by atoms with Crippen LogP contribution < -0.4 is 4.72 Å². The van der Waals surface area contributed by atoms with E-state index in [1.807, 2.05) is 0 Å². The topological polar surface area (TPSA) is 118 Å². The number of carbonyl (C=O) groups is 1. The van der Waals surface area contributed by atoms with E-state index < -0.39 is 42.0 Å². The number of halogens is 5. The van der Waals surface area contributed by atoms with Gasteiger partial charge < -0.3 is 0 Å². The van der Waals surface area contributed by atoms with Crippen LogP contribution in [-0.4, -0.2) is 32.8 Å². The lowest BCUT2D eigenvalue weighted by Gasteiger charge is -2.11. The molecule has 0 aliphatic carbocycles. The van der Waals surface area contributed by atoms with Crippen molar-refractivity contribution in [1.29, 1.82) is 0 Å². The minimum absolute atomic E-state index is 0.165. The van der Waals surface area contributed by atoms with Crippen LogP contribution in [0.5, 0.6) is 0 Å². The Hall–Kier alpha value is -0.200. The molecule has 2 N–H and O–H groups in total. The Kier molecular flexibility index (Phi) is 5.74. The Bertz CT molecular complexity index is 811. The van der Waals surface area contributed by atoms with Crippen molar-refractivity contribution in [1.82, 2.24) is 4.72 Å². The number of alkyl halides is 3. The molecule has 0 saturated carbocycles. The number of nitrogens with one attached hydrogen (secondary N) is 1. The minimum atomic E-state index is -5.88. The molecule has 0 aliphatic heterocycles. The molecule has 124 valence electrons. The third-order valence-corrected chi connectivity index (χ3v) is 6.50. The predicted octanol–water partition coefficient (Wildman–Crippen LogP) is 1.72. The molecule has 7 nitrogen and oxygen atoms in total. The van der Waals surface area contributed by atoms with Crippen molar-refractivity contribution in [2.75, 3.05) is 0 Å². The lowest BCUT2D eigenvalue weighted by molar-refractivity contribution is -0.0446. The Morgan fingerprint density at radius 1 is 1.09 bits per heavy atom. The van der Waals surface area contributed by atoms with Gasteiger partial charge in [-0.05, 0) is 57.3 Å². The van der Waals surface area contributed by atoms with Crippen LogP contribution in [0.1, 0.15) is 10.4 Å². The van der Waals surface area contributed by atoms with Crippen LogP contribution >= 0.6 is 45.2 Å². The molecule has 0 spiro atoms. The Morgan fingerprint density at radius 2 is 1.50 bits per heavy atom. The first-order valence-electron chi connectivity index (χ1n) is 4.77. The monoisotopic (exact) mass is 585 g/mol. The molecule has 0 heterocycles. The predicted molar refractivity (Wildman–Crippen MR) is 84.1 cm³/mol. The minimum Gasteiger partial charge on any atom is -0.282 e. The Morgan fingerprint density at radius 3 is 1.82 bits per heavy atom. The van der Waals surface area contributed by atoms with Crippen molar-refractivity contribution in [2.45, 2.75) is 10.4 Å². The number of sulfonamides is 1. The van der Waals surface area contributed by atoms with Crippen molar-refractivity contribution < 1.29 is 39.4 Å². The van der Waals surface area contributed by atoms with Crippen LogP contribution in [0.3, 0.4) is 0 Å². The highest BCUT2D eigenvalue weighted by molar-refractivity contribution is 14.1. The van der Waals surface area contributed by atoms with Crippen molar-refractivity contribution in [3.05, 3.63) is 24.8 Å². The first-order chi connectivity index (χ1) is 9.67. The fourth-order valence-corrected chi connectivity index (χ4v) is 5.70. The summed E-state index contributed by atoms with van der Waals surface area (Å²) in [4.78, 5) is 11.0. The molecule has 22 heavy (non-hydrogen) atoms. The number of rotatable bonds is 3. The smallest absolute Gasteiger partial charge is 0.282 e. The molecular formula is C8H4F3I2NO6S2. The van der Waals surface area contributed by atoms with E-state index in [0.29, 0.717) is 0 Å². The van der Waals surface area contributed by atoms with E-state index in [4.69, 9.17) is 4.55 Å². The second kappa shape index (κ2) is 6.36. The SMILES string of the molecule is O=C(NS(=O)(=O)C(F)(F)F)c1cc(I)c(S(=O)(=O)O)c(I)c1. The van der Waals surface area contributed by atoms with E-state index in [2.05, 4.69) is 0 Å². The Balaban J connectivity index is 3.29. The summed E-state index contributed by atoms with van der Waals surface area (Å²) < 4.78 is 89.9. The van der Waals surface area contributed by atoms with Crippen molar-refractivity contribution in [3.8, 4) is 0 Å². The summed E-state index contributed by atoms with van der Waals surface area (Å²) in [7, 11) is -10.5. The fraction of sp³-hybridized carbons (Fsp3) is 0.125. The summed E-state index contributed by atoms with van der Waals surface area (Å²) in [6.45, 7) is 0. The van der Waals surface area contributed by atoms with Gasteiger partial charge >= 0.3 is 15.5 Å². The number of hydrogen-bond donors (Lipinski definition) is 2. The maximum atomic E-state index is 12.2. The van der Waals surface area contributed by atoms with Crippen molar-refractivity contribution in [2.24, 2.45) is 0 Å². The third kappa shape index (κ3) is 4.42. The van der Waals surface area contributed by atoms with Gasteiger partial charge in [-0.15, -0.1) is 0 Å². The van der Waals surface area contributed by atoms with Crippen molar-refractivity contribution >= 4 is 71.2 Å². The van der Waals surface area contributed by atoms with Gasteiger partial charge in [0.15, 0.2) is 0 Å². The molecule has 1 rings (SSSR count). The number of amides is 1. The molecule has 1 amide bonds. The molecule has 0 radical (unpaired) electrons. The lowest BCUT2D eigenvalue weighted by Crippen LogP contribution is -2.40. The molecule has 14 heteroatoms. The summed E-state index contributed by atoms with van der Waals surface area (Å²) >= 11 is 2.86. The van der Waals surface area contributed by atoms with Crippen molar-refractivity contribution in [3.63, 3.8) is 0 Å². The van der Waals surface area contributed by atoms with Crippen LogP contribution in [0.4, 0.5) is 13.2 Å². The standard InChI is InChI=1S/C8H4F3I2NO6S2/c9-8(10,11)22(19,20)14-7(15)3-1-4(12)6(5(13)2-3)21(16,17)18/h1-2H,(H,14,15)(H,16,17,18). The van der Waals surface area contributed by atoms with E-state index in [0.717, 1.165) is 16.9 Å². The number of benzene rings is 1. The molecular weight excluding hydrogens is 581 g/mol. The summed E-state index contributed by atoms with van der Waals surface area (Å²) in [5.41, 5.74) is -6.19. The summed E-state index contributed by atoms with van der Waals surface area (Å²) in [6, 6.07) is 1.65. The Labute approximate surface area is 149 Å². The lowest BCUT2D eigenvalue weighted by atomic mass is 10.2. The van der Waals surface area contributed by atoms with Crippen LogP contribution in [0.15, 0.2) is 17.0 Å². The van der Waals surface area contributed by atoms with E-state index in [9.17, 15) is 34.8 Å². The van der Waals surface area contributed by atoms with Gasteiger partial charge in [-0.1, -0.05) is 0 Å². The zero-order chi connectivity index (χ0) is 17.5. The fourth-order valence-electron chi connectivity index (χ4n) is 1.18. The quantitative estimate of drug-likeness (QED) is 0.413. The van der Waals surface area contributed by atoms with Gasteiger partial charge in [-0.3, -0.25) is 9.35 Å². The zero-order valence-electron chi connectivity index (χ0n) is 9.85. The van der Waals surface area contributed by atoms with Crippen LogP contribution in [-0.2, 0) is 20.1 Å². The summed E-state index contributed by atoms with van der Waals surface area (Å²) in [6.07, 6.45) is 0. The van der Waals surface area contributed by atoms with E-state index in [-0.39, 0.29) is 7.14 Å². The first-order valence-corrected chi connectivity index (χ1v) is 9.85. The summed E-state index contributed by atoms with van der Waals surface area (Å²) in [5.74, 6) is -1.59. The number of carbonyl (C=O) groups excluding carboxylic acids is 1. The third-order valence-electron chi connectivity index (χ3n) is 2.05. The molecule has 1 aromatic rings. The normalized spacial score (nSPS) is 13.0. The average Bonchev–Trinajstić information content (AvgIpc) is 2.23. The maximum absolute atomic E-state index is 12.2. The first kappa shape index (κ1) is 19.8. The van der Waals surface area contributed by atoms with Gasteiger partial charge in [0.2, 0.25) is 0 Å². The molecule has 0 bridgehead atoms. The van der Waals surface area contributed by atoms with Gasteiger partial charge in [0.25, 0.3) is 16.0 Å². The van der Waals surface area contributed by atoms with E-state index in [1.54, 1.807) is 0 Å². The second-order valence-corrected chi connectivity index (χ2v) is 8.98. The average molecular weight is 585 g/mol. The second-order valence-electron chi connectivity index (χ2n) is 3.62. The highest BCUT2D eigenvalue weighted by Crippen LogP contribution is 2.27. The van der Waals surface area contributed by atoms with Gasteiger partial charge in [0, 0.05) is 12.7 Å². The maximum Gasteiger partial charge on any atom is 0.516 e. The van der Waals surface area contributed by atoms with Gasteiger partial charge in [-0.2, -0.15) is 30.0 Å². The van der Waals surface area contributed by atoms with Crippen LogP contribution in [0.25, 0.3) is 0 Å². The largest absolute Gasteiger partial charge is 0.516 e. The molecule has 0 unspecified atom stereocenters. The molecule has 0 fully saturated rings. The molecule has 0 atom stereocenters. The molecule has 0 aliphatic rings. The van der Waals surface area contributed by atoms with Crippen LogP contribution in [0, 0.1) is 7.14 Å². The number of hydrogen-bond acceptors (Lipinski definition) is 5. The highest BCUT2D eigenvalue weighted by Gasteiger charge is 2.47. The van der Waals surface area contributed by atoms with Gasteiger partial charge in [0.1, 0.15) is 4.90 Å². The van der Waals surface area contributed by atoms with Crippen LogP contribution in [0.2, 0.25) is 0 Å². The van der Waals surface area contributed by atoms with E-state index >= 15 is 0 Å². The van der Waals surface area contributed by atoms with Gasteiger partial charge in [0.05, 0.1) is 0 Å². The van der Waals surface area contributed by atoms with Gasteiger partial charge in [-0.25, -0.2) is 4.72 Å². The van der Waals surface area contributed by atoms with E-state index in [1.165, 1.54) is 45.2 Å². The molecule has 0 aromatic heterocycles.